The second kappa shape index (κ2) is 7.93. The van der Waals surface area contributed by atoms with Gasteiger partial charge in [-0.05, 0) is 30.7 Å². The molecule has 3 fully saturated rings. The zero-order valence-corrected chi connectivity index (χ0v) is 17.1. The number of rotatable bonds is 5. The first-order valence-electron chi connectivity index (χ1n) is 10.4. The highest BCUT2D eigenvalue weighted by Crippen LogP contribution is 2.20. The summed E-state index contributed by atoms with van der Waals surface area (Å²) in [6, 6.07) is 3.58. The van der Waals surface area contributed by atoms with Gasteiger partial charge in [-0.3, -0.25) is 19.3 Å². The van der Waals surface area contributed by atoms with Gasteiger partial charge in [-0.25, -0.2) is 0 Å². The molecule has 0 aromatic carbocycles. The average molecular weight is 407 g/mol. The van der Waals surface area contributed by atoms with Crippen molar-refractivity contribution in [3.8, 4) is 0 Å². The number of hydrogen-bond donors (Lipinski definition) is 3. The lowest BCUT2D eigenvalue weighted by atomic mass is 9.83. The quantitative estimate of drug-likeness (QED) is 0.512. The molecule has 0 saturated carbocycles. The van der Waals surface area contributed by atoms with E-state index in [1.807, 2.05) is 17.5 Å². The molecule has 3 aliphatic rings. The summed E-state index contributed by atoms with van der Waals surface area (Å²) < 4.78 is 0. The third kappa shape index (κ3) is 3.49. The van der Waals surface area contributed by atoms with Crippen molar-refractivity contribution in [2.45, 2.75) is 56.7 Å². The molecular weight excluding hydrogens is 376 g/mol. The van der Waals surface area contributed by atoms with E-state index in [1.54, 1.807) is 11.3 Å². The molecule has 0 radical (unpaired) electrons. The van der Waals surface area contributed by atoms with Crippen LogP contribution in [-0.2, 0) is 20.9 Å². The third-order valence-electron chi connectivity index (χ3n) is 6.98. The van der Waals surface area contributed by atoms with Crippen LogP contribution in [0.1, 0.15) is 43.4 Å². The van der Waals surface area contributed by atoms with Crippen LogP contribution in [0.2, 0.25) is 0 Å². The maximum atomic E-state index is 12.9. The highest BCUT2D eigenvalue weighted by atomic mass is 32.1. The van der Waals surface area contributed by atoms with E-state index in [0.717, 1.165) is 48.8 Å². The molecule has 7 nitrogen and oxygen atoms in total. The first-order chi connectivity index (χ1) is 13.5. The molecule has 0 aliphatic carbocycles. The first-order valence-corrected chi connectivity index (χ1v) is 11.3. The maximum absolute atomic E-state index is 12.9. The zero-order valence-electron chi connectivity index (χ0n) is 16.2. The molecule has 4 rings (SSSR count). The number of nitrogens with one attached hydrogen (secondary N) is 2. The molecule has 0 spiro atoms. The van der Waals surface area contributed by atoms with Gasteiger partial charge in [0.05, 0.1) is 52.0 Å². The number of primary amides is 1. The van der Waals surface area contributed by atoms with Crippen molar-refractivity contribution < 1.29 is 24.2 Å². The summed E-state index contributed by atoms with van der Waals surface area (Å²) in [5.41, 5.74) is 5.39. The van der Waals surface area contributed by atoms with Crippen LogP contribution in [0.5, 0.6) is 0 Å². The monoisotopic (exact) mass is 406 g/mol. The summed E-state index contributed by atoms with van der Waals surface area (Å²) in [6.45, 7) is 3.84. The first kappa shape index (κ1) is 19.5. The minimum absolute atomic E-state index is 0.0645. The largest absolute Gasteiger partial charge is 0.364 e. The maximum Gasteiger partial charge on any atom is 0.288 e. The molecule has 1 aromatic heterocycles. The average Bonchev–Trinajstić information content (AvgIpc) is 3.32. The molecule has 1 atom stereocenters. The van der Waals surface area contributed by atoms with Crippen molar-refractivity contribution in [1.82, 2.24) is 4.90 Å². The zero-order chi connectivity index (χ0) is 19.7. The molecule has 28 heavy (non-hydrogen) atoms. The topological polar surface area (TPSA) is 89.3 Å². The Balaban J connectivity index is 1.42. The number of hydrogen-bond acceptors (Lipinski definition) is 4. The van der Waals surface area contributed by atoms with Gasteiger partial charge in [-0.2, -0.15) is 0 Å². The van der Waals surface area contributed by atoms with Gasteiger partial charge in [-0.15, -0.1) is 11.3 Å². The van der Waals surface area contributed by atoms with Gasteiger partial charge in [0.2, 0.25) is 5.91 Å². The van der Waals surface area contributed by atoms with E-state index in [9.17, 15) is 14.4 Å². The van der Waals surface area contributed by atoms with Crippen molar-refractivity contribution in [1.29, 1.82) is 0 Å². The number of nitrogens with two attached hydrogens (primary N) is 1. The van der Waals surface area contributed by atoms with E-state index < -0.39 is 5.54 Å². The van der Waals surface area contributed by atoms with Crippen molar-refractivity contribution in [3.63, 3.8) is 0 Å². The van der Waals surface area contributed by atoms with E-state index in [4.69, 9.17) is 5.73 Å². The fraction of sp³-hybridized carbons (Fsp3) is 0.650. The lowest BCUT2D eigenvalue weighted by Gasteiger charge is -2.44. The van der Waals surface area contributed by atoms with Crippen LogP contribution in [0.4, 0.5) is 0 Å². The van der Waals surface area contributed by atoms with Gasteiger partial charge in [0.1, 0.15) is 0 Å². The van der Waals surface area contributed by atoms with Crippen LogP contribution in [-0.4, -0.2) is 60.4 Å². The van der Waals surface area contributed by atoms with Crippen LogP contribution in [0.3, 0.4) is 0 Å². The standard InChI is InChI=1S/C20H28N4O3S/c21-19(27)20(23-8-2-1-3-9-23)6-10-22(11-7-20)16-13-17(25)24(18(16)26)14-15-5-4-12-28-15/h4-5,12,16H,1-3,6-11,13-14H2,(H2,21,27)/p+2/t16-/m1/s1. The second-order valence-corrected chi connectivity index (χ2v) is 9.46. The van der Waals surface area contributed by atoms with Crippen molar-refractivity contribution >= 4 is 29.1 Å². The summed E-state index contributed by atoms with van der Waals surface area (Å²) in [5, 5.41) is 1.96. The van der Waals surface area contributed by atoms with Gasteiger partial charge in [-0.1, -0.05) is 6.07 Å². The summed E-state index contributed by atoms with van der Waals surface area (Å²) in [4.78, 5) is 42.7. The van der Waals surface area contributed by atoms with Gasteiger partial charge in [0.25, 0.3) is 11.8 Å². The highest BCUT2D eigenvalue weighted by Gasteiger charge is 2.54. The lowest BCUT2D eigenvalue weighted by Crippen LogP contribution is -3.27. The molecule has 0 bridgehead atoms. The van der Waals surface area contributed by atoms with Crippen molar-refractivity contribution in [3.05, 3.63) is 22.4 Å². The number of piperidine rings is 2. The Kier molecular flexibility index (Phi) is 5.53. The Morgan fingerprint density at radius 2 is 1.89 bits per heavy atom. The normalized spacial score (nSPS) is 32.1. The van der Waals surface area contributed by atoms with Gasteiger partial charge >= 0.3 is 0 Å². The van der Waals surface area contributed by atoms with Crippen LogP contribution < -0.4 is 15.5 Å². The third-order valence-corrected chi connectivity index (χ3v) is 7.84. The van der Waals surface area contributed by atoms with Crippen molar-refractivity contribution in [2.24, 2.45) is 5.73 Å². The number of imide groups is 1. The minimum Gasteiger partial charge on any atom is -0.364 e. The highest BCUT2D eigenvalue weighted by molar-refractivity contribution is 7.09. The number of amides is 3. The molecule has 0 unspecified atom stereocenters. The van der Waals surface area contributed by atoms with Crippen molar-refractivity contribution in [2.75, 3.05) is 26.2 Å². The number of likely N-dealkylation sites (tertiary alicyclic amines) is 3. The molecule has 152 valence electrons. The van der Waals surface area contributed by atoms with E-state index in [1.165, 1.54) is 16.2 Å². The number of quaternary nitrogens is 2. The van der Waals surface area contributed by atoms with Crippen LogP contribution in [0, 0.1) is 0 Å². The lowest BCUT2D eigenvalue weighted by molar-refractivity contribution is -0.978. The SMILES string of the molecule is NC(=O)C1([NH+]2CCCCC2)CC[NH+]([C@@H]2CC(=O)N(Cc3cccs3)C2=O)CC1. The number of carbonyl (C=O) groups is 3. The Morgan fingerprint density at radius 1 is 1.18 bits per heavy atom. The summed E-state index contributed by atoms with van der Waals surface area (Å²) in [6.07, 6.45) is 5.21. The Labute approximate surface area is 169 Å². The minimum atomic E-state index is -0.494. The molecule has 3 aliphatic heterocycles. The number of nitrogens with zero attached hydrogens (tertiary/aromatic N) is 1. The summed E-state index contributed by atoms with van der Waals surface area (Å²) in [7, 11) is 0. The summed E-state index contributed by atoms with van der Waals surface area (Å²) >= 11 is 1.56. The molecule has 3 amide bonds. The fourth-order valence-electron chi connectivity index (χ4n) is 5.30. The Morgan fingerprint density at radius 3 is 2.50 bits per heavy atom. The van der Waals surface area contributed by atoms with Gasteiger partial charge in [0, 0.05) is 4.88 Å². The molecule has 4 N–H and O–H groups in total. The smallest absolute Gasteiger partial charge is 0.288 e. The second-order valence-electron chi connectivity index (χ2n) is 8.42. The van der Waals surface area contributed by atoms with E-state index in [-0.39, 0.29) is 30.2 Å². The van der Waals surface area contributed by atoms with E-state index in [2.05, 4.69) is 0 Å². The Bertz CT molecular complexity index is 737. The molecule has 3 saturated heterocycles. The molecule has 1 aromatic rings. The molecule has 8 heteroatoms. The molecule has 4 heterocycles. The van der Waals surface area contributed by atoms with Crippen LogP contribution in [0.15, 0.2) is 17.5 Å². The van der Waals surface area contributed by atoms with E-state index >= 15 is 0 Å². The van der Waals surface area contributed by atoms with Crippen LogP contribution >= 0.6 is 11.3 Å². The number of carbonyl (C=O) groups excluding carboxylic acids is 3. The predicted molar refractivity (Wildman–Crippen MR) is 105 cm³/mol. The number of thiophene rings is 1. The summed E-state index contributed by atoms with van der Waals surface area (Å²) in [5.74, 6) is -0.341. The van der Waals surface area contributed by atoms with Gasteiger partial charge < -0.3 is 15.5 Å². The van der Waals surface area contributed by atoms with Crippen LogP contribution in [0.25, 0.3) is 0 Å². The Hall–Kier alpha value is -1.77. The predicted octanol–water partition coefficient (Wildman–Crippen LogP) is -1.65. The fourth-order valence-corrected chi connectivity index (χ4v) is 6.00. The van der Waals surface area contributed by atoms with Gasteiger partial charge in [0.15, 0.2) is 11.6 Å². The molecular formula is C20H30N4O3S+2. The van der Waals surface area contributed by atoms with E-state index in [0.29, 0.717) is 19.4 Å².